The molecule has 1 amide bonds. The number of sulfonamides is 1. The summed E-state index contributed by atoms with van der Waals surface area (Å²) in [7, 11) is -3.64. The number of carbonyl (C=O) groups is 1. The molecular formula is C23H27N3O4S. The predicted octanol–water partition coefficient (Wildman–Crippen LogP) is 3.82. The Morgan fingerprint density at radius 1 is 1.13 bits per heavy atom. The van der Waals surface area contributed by atoms with Gasteiger partial charge in [0.05, 0.1) is 24.0 Å². The second-order valence-corrected chi connectivity index (χ2v) is 9.22. The molecule has 0 radical (unpaired) electrons. The lowest BCUT2D eigenvalue weighted by Crippen LogP contribution is -2.36. The number of hydrogen-bond donors (Lipinski definition) is 0. The van der Waals surface area contributed by atoms with Gasteiger partial charge >= 0.3 is 0 Å². The van der Waals surface area contributed by atoms with Crippen LogP contribution in [0.5, 0.6) is 5.75 Å². The molecule has 1 fully saturated rings. The van der Waals surface area contributed by atoms with Crippen LogP contribution in [0.1, 0.15) is 43.0 Å². The Morgan fingerprint density at radius 2 is 1.84 bits per heavy atom. The van der Waals surface area contributed by atoms with Crippen molar-refractivity contribution in [3.8, 4) is 11.8 Å². The van der Waals surface area contributed by atoms with Gasteiger partial charge in [-0.1, -0.05) is 12.5 Å². The summed E-state index contributed by atoms with van der Waals surface area (Å²) in [6, 6.07) is 15.3. The number of anilines is 1. The maximum Gasteiger partial charge on any atom is 0.258 e. The highest BCUT2D eigenvalue weighted by Crippen LogP contribution is 2.25. The zero-order chi connectivity index (χ0) is 22.3. The Labute approximate surface area is 183 Å². The number of hydrogen-bond acceptors (Lipinski definition) is 5. The number of rotatable bonds is 8. The van der Waals surface area contributed by atoms with Crippen molar-refractivity contribution in [3.05, 3.63) is 54.1 Å². The monoisotopic (exact) mass is 441 g/mol. The number of ether oxygens (including phenoxy) is 1. The molecule has 0 saturated carbocycles. The van der Waals surface area contributed by atoms with Gasteiger partial charge in [0.2, 0.25) is 10.0 Å². The van der Waals surface area contributed by atoms with E-state index in [4.69, 9.17) is 10.00 Å². The Morgan fingerprint density at radius 3 is 2.48 bits per heavy atom. The first kappa shape index (κ1) is 22.8. The number of benzene rings is 2. The van der Waals surface area contributed by atoms with E-state index in [0.717, 1.165) is 19.3 Å². The molecule has 2 aromatic carbocycles. The minimum absolute atomic E-state index is 0.118. The van der Waals surface area contributed by atoms with Crippen LogP contribution >= 0.6 is 0 Å². The van der Waals surface area contributed by atoms with Gasteiger partial charge in [0.15, 0.2) is 0 Å². The lowest BCUT2D eigenvalue weighted by molar-refractivity contribution is 0.0987. The standard InChI is InChI=1S/C23H27N3O4S/c1-2-30-21-12-10-20(11-13-21)26(17-7-14-24)23(27)19-8-6-9-22(18-19)31(28,29)25-15-4-3-5-16-25/h6,8-13,18H,2-5,7,15-17H2,1H3. The largest absolute Gasteiger partial charge is 0.494 e. The van der Waals surface area contributed by atoms with E-state index in [1.807, 2.05) is 6.92 Å². The van der Waals surface area contributed by atoms with Crippen molar-refractivity contribution in [2.24, 2.45) is 0 Å². The van der Waals surface area contributed by atoms with Crippen LogP contribution in [0.25, 0.3) is 0 Å². The molecule has 0 aliphatic carbocycles. The first-order chi connectivity index (χ1) is 15.0. The van der Waals surface area contributed by atoms with Gasteiger partial charge in [0.1, 0.15) is 5.75 Å². The van der Waals surface area contributed by atoms with E-state index >= 15 is 0 Å². The Hall–Kier alpha value is -2.89. The molecule has 0 spiro atoms. The van der Waals surface area contributed by atoms with E-state index in [-0.39, 0.29) is 29.3 Å². The quantitative estimate of drug-likeness (QED) is 0.621. The molecule has 1 saturated heterocycles. The average Bonchev–Trinajstić information content (AvgIpc) is 2.81. The summed E-state index contributed by atoms with van der Waals surface area (Å²) >= 11 is 0. The third-order valence-electron chi connectivity index (χ3n) is 5.19. The third-order valence-corrected chi connectivity index (χ3v) is 7.08. The van der Waals surface area contributed by atoms with E-state index in [2.05, 4.69) is 6.07 Å². The van der Waals surface area contributed by atoms with Crippen LogP contribution in [-0.4, -0.2) is 44.9 Å². The summed E-state index contributed by atoms with van der Waals surface area (Å²) in [6.45, 7) is 3.63. The summed E-state index contributed by atoms with van der Waals surface area (Å²) in [6.07, 6.45) is 2.88. The van der Waals surface area contributed by atoms with Gasteiger partial charge in [-0.05, 0) is 62.2 Å². The molecule has 7 nitrogen and oxygen atoms in total. The highest BCUT2D eigenvalue weighted by molar-refractivity contribution is 7.89. The Kier molecular flexibility index (Phi) is 7.66. The van der Waals surface area contributed by atoms with E-state index < -0.39 is 10.0 Å². The fourth-order valence-electron chi connectivity index (χ4n) is 3.60. The summed E-state index contributed by atoms with van der Waals surface area (Å²) in [5.41, 5.74) is 0.887. The Bertz CT molecular complexity index is 1040. The molecule has 8 heteroatoms. The number of nitriles is 1. The van der Waals surface area contributed by atoms with Crippen LogP contribution in [0.15, 0.2) is 53.4 Å². The van der Waals surface area contributed by atoms with E-state index in [1.54, 1.807) is 36.4 Å². The van der Waals surface area contributed by atoms with E-state index in [1.165, 1.54) is 21.3 Å². The molecule has 0 N–H and O–H groups in total. The highest BCUT2D eigenvalue weighted by atomic mass is 32.2. The van der Waals surface area contributed by atoms with Gasteiger partial charge in [-0.2, -0.15) is 9.57 Å². The second kappa shape index (κ2) is 10.4. The fraction of sp³-hybridized carbons (Fsp3) is 0.391. The zero-order valence-corrected chi connectivity index (χ0v) is 18.5. The van der Waals surface area contributed by atoms with Crippen molar-refractivity contribution >= 4 is 21.6 Å². The van der Waals surface area contributed by atoms with Crippen molar-refractivity contribution in [1.29, 1.82) is 5.26 Å². The molecule has 3 rings (SSSR count). The smallest absolute Gasteiger partial charge is 0.258 e. The van der Waals surface area contributed by atoms with Crippen molar-refractivity contribution in [2.75, 3.05) is 31.1 Å². The lowest BCUT2D eigenvalue weighted by atomic mass is 10.1. The first-order valence-electron chi connectivity index (χ1n) is 10.5. The summed E-state index contributed by atoms with van der Waals surface area (Å²) in [5.74, 6) is 0.337. The molecule has 0 bridgehead atoms. The van der Waals surface area contributed by atoms with Crippen LogP contribution in [0, 0.1) is 11.3 Å². The van der Waals surface area contributed by atoms with Gasteiger partial charge in [-0.3, -0.25) is 4.79 Å². The molecular weight excluding hydrogens is 414 g/mol. The minimum atomic E-state index is -3.64. The van der Waals surface area contributed by atoms with Crippen LogP contribution < -0.4 is 9.64 Å². The van der Waals surface area contributed by atoms with Gasteiger partial charge < -0.3 is 9.64 Å². The van der Waals surface area contributed by atoms with Crippen LogP contribution in [0.3, 0.4) is 0 Å². The van der Waals surface area contributed by atoms with Gasteiger partial charge in [0, 0.05) is 30.9 Å². The Balaban J connectivity index is 1.89. The highest BCUT2D eigenvalue weighted by Gasteiger charge is 2.27. The third kappa shape index (κ3) is 5.43. The maximum atomic E-state index is 13.3. The van der Waals surface area contributed by atoms with Crippen molar-refractivity contribution in [2.45, 2.75) is 37.5 Å². The van der Waals surface area contributed by atoms with Crippen molar-refractivity contribution in [3.63, 3.8) is 0 Å². The molecule has 1 aliphatic heterocycles. The molecule has 1 heterocycles. The molecule has 164 valence electrons. The van der Waals surface area contributed by atoms with E-state index in [0.29, 0.717) is 31.1 Å². The number of nitrogens with zero attached hydrogens (tertiary/aromatic N) is 3. The minimum Gasteiger partial charge on any atom is -0.494 e. The van der Waals surface area contributed by atoms with Gasteiger partial charge in [0.25, 0.3) is 5.91 Å². The first-order valence-corrected chi connectivity index (χ1v) is 11.9. The average molecular weight is 442 g/mol. The topological polar surface area (TPSA) is 90.7 Å². The molecule has 31 heavy (non-hydrogen) atoms. The predicted molar refractivity (Wildman–Crippen MR) is 119 cm³/mol. The molecule has 0 aromatic heterocycles. The summed E-state index contributed by atoms with van der Waals surface area (Å²) < 4.78 is 33.0. The number of carbonyl (C=O) groups excluding carboxylic acids is 1. The number of amides is 1. The zero-order valence-electron chi connectivity index (χ0n) is 17.7. The molecule has 1 aliphatic rings. The van der Waals surface area contributed by atoms with Crippen molar-refractivity contribution < 1.29 is 17.9 Å². The second-order valence-electron chi connectivity index (χ2n) is 7.28. The maximum absolute atomic E-state index is 13.3. The SMILES string of the molecule is CCOc1ccc(N(CCC#N)C(=O)c2cccc(S(=O)(=O)N3CCCCC3)c2)cc1. The van der Waals surface area contributed by atoms with Gasteiger partial charge in [-0.15, -0.1) is 0 Å². The van der Waals surface area contributed by atoms with E-state index in [9.17, 15) is 13.2 Å². The van der Waals surface area contributed by atoms with Crippen LogP contribution in [0.4, 0.5) is 5.69 Å². The fourth-order valence-corrected chi connectivity index (χ4v) is 5.16. The normalized spacial score (nSPS) is 14.6. The molecule has 2 aromatic rings. The summed E-state index contributed by atoms with van der Waals surface area (Å²) in [5, 5.41) is 9.03. The lowest BCUT2D eigenvalue weighted by Gasteiger charge is -2.26. The number of piperidine rings is 1. The van der Waals surface area contributed by atoms with Crippen LogP contribution in [-0.2, 0) is 10.0 Å². The molecule has 0 atom stereocenters. The summed E-state index contributed by atoms with van der Waals surface area (Å²) in [4.78, 5) is 14.9. The van der Waals surface area contributed by atoms with Crippen LogP contribution in [0.2, 0.25) is 0 Å². The van der Waals surface area contributed by atoms with Gasteiger partial charge in [-0.25, -0.2) is 8.42 Å². The molecule has 0 unspecified atom stereocenters. The van der Waals surface area contributed by atoms with Crippen molar-refractivity contribution in [1.82, 2.24) is 4.31 Å².